The molecule has 0 radical (unpaired) electrons. The first kappa shape index (κ1) is 17.9. The molecule has 0 unspecified atom stereocenters. The van der Waals surface area contributed by atoms with Crippen molar-refractivity contribution >= 4 is 40.9 Å². The van der Waals surface area contributed by atoms with E-state index in [1.807, 2.05) is 12.3 Å². The summed E-state index contributed by atoms with van der Waals surface area (Å²) in [5, 5.41) is 9.21. The third-order valence-corrected chi connectivity index (χ3v) is 3.92. The van der Waals surface area contributed by atoms with Gasteiger partial charge in [0.2, 0.25) is 0 Å². The van der Waals surface area contributed by atoms with E-state index in [-0.39, 0.29) is 0 Å². The van der Waals surface area contributed by atoms with Gasteiger partial charge in [-0.05, 0) is 54.4 Å². The Kier molecular flexibility index (Phi) is 6.71. The molecule has 0 atom stereocenters. The molecule has 2 rings (SSSR count). The number of esters is 1. The topological polar surface area (TPSA) is 72.0 Å². The van der Waals surface area contributed by atoms with Crippen molar-refractivity contribution in [1.29, 1.82) is 0 Å². The summed E-state index contributed by atoms with van der Waals surface area (Å²) in [6.07, 6.45) is 1.59. The number of carbonyl (C=O) groups excluding carboxylic acids is 1. The molecule has 1 aromatic carbocycles. The average molecular weight is 363 g/mol. The van der Waals surface area contributed by atoms with Crippen molar-refractivity contribution in [3.63, 3.8) is 0 Å². The monoisotopic (exact) mass is 363 g/mol. The van der Waals surface area contributed by atoms with Crippen molar-refractivity contribution < 1.29 is 14.3 Å². The summed E-state index contributed by atoms with van der Waals surface area (Å²) in [7, 11) is 1.51. The molecule has 1 heterocycles. The average Bonchev–Trinajstić information content (AvgIpc) is 3.11. The van der Waals surface area contributed by atoms with Gasteiger partial charge in [-0.3, -0.25) is 5.43 Å². The van der Waals surface area contributed by atoms with Gasteiger partial charge in [0, 0.05) is 6.54 Å². The van der Waals surface area contributed by atoms with Crippen LogP contribution >= 0.6 is 23.6 Å². The fourth-order valence-electron chi connectivity index (χ4n) is 1.76. The maximum absolute atomic E-state index is 12.0. The zero-order chi connectivity index (χ0) is 17.4. The third kappa shape index (κ3) is 5.04. The highest BCUT2D eigenvalue weighted by Crippen LogP contribution is 2.28. The molecule has 0 aliphatic carbocycles. The molecule has 6 nitrogen and oxygen atoms in total. The van der Waals surface area contributed by atoms with E-state index in [2.05, 4.69) is 15.8 Å². The number of hydrogen-bond donors (Lipinski definition) is 2. The lowest BCUT2D eigenvalue weighted by atomic mass is 10.2. The van der Waals surface area contributed by atoms with Crippen LogP contribution in [-0.4, -0.2) is 31.0 Å². The Morgan fingerprint density at radius 1 is 1.38 bits per heavy atom. The van der Waals surface area contributed by atoms with Crippen LogP contribution in [0.15, 0.2) is 40.8 Å². The number of nitrogens with zero attached hydrogens (tertiary/aromatic N) is 1. The van der Waals surface area contributed by atoms with E-state index in [1.165, 1.54) is 18.4 Å². The first-order chi connectivity index (χ1) is 11.6. The molecule has 24 heavy (non-hydrogen) atoms. The largest absolute Gasteiger partial charge is 0.493 e. The number of ether oxygens (including phenoxy) is 2. The molecule has 0 spiro atoms. The molecule has 126 valence electrons. The number of thiocarbonyl (C=S) groups is 1. The van der Waals surface area contributed by atoms with E-state index in [0.29, 0.717) is 21.5 Å². The Morgan fingerprint density at radius 2 is 2.21 bits per heavy atom. The minimum Gasteiger partial charge on any atom is -0.493 e. The molecule has 0 bridgehead atoms. The van der Waals surface area contributed by atoms with Gasteiger partial charge >= 0.3 is 5.97 Å². The van der Waals surface area contributed by atoms with Gasteiger partial charge in [-0.15, -0.1) is 11.3 Å². The van der Waals surface area contributed by atoms with Gasteiger partial charge in [0.25, 0.3) is 0 Å². The van der Waals surface area contributed by atoms with Gasteiger partial charge < -0.3 is 14.8 Å². The zero-order valence-corrected chi connectivity index (χ0v) is 14.9. The Bertz CT molecular complexity index is 730. The summed E-state index contributed by atoms with van der Waals surface area (Å²) in [5.74, 6) is 0.379. The van der Waals surface area contributed by atoms with Crippen molar-refractivity contribution in [2.24, 2.45) is 5.10 Å². The number of benzene rings is 1. The van der Waals surface area contributed by atoms with Gasteiger partial charge in [0.05, 0.1) is 13.3 Å². The van der Waals surface area contributed by atoms with Crippen molar-refractivity contribution in [2.45, 2.75) is 6.92 Å². The highest BCUT2D eigenvalue weighted by molar-refractivity contribution is 7.80. The highest BCUT2D eigenvalue weighted by atomic mass is 32.1. The van der Waals surface area contributed by atoms with Crippen LogP contribution in [0.2, 0.25) is 0 Å². The summed E-state index contributed by atoms with van der Waals surface area (Å²) in [6, 6.07) is 8.65. The summed E-state index contributed by atoms with van der Waals surface area (Å²) in [6.45, 7) is 2.66. The van der Waals surface area contributed by atoms with Crippen LogP contribution in [-0.2, 0) is 0 Å². The molecule has 0 fully saturated rings. The maximum atomic E-state index is 12.0. The van der Waals surface area contributed by atoms with Crippen LogP contribution in [0, 0.1) is 0 Å². The predicted octanol–water partition coefficient (Wildman–Crippen LogP) is 2.79. The van der Waals surface area contributed by atoms with E-state index in [4.69, 9.17) is 21.7 Å². The molecule has 0 saturated heterocycles. The molecule has 0 amide bonds. The van der Waals surface area contributed by atoms with E-state index < -0.39 is 5.97 Å². The highest BCUT2D eigenvalue weighted by Gasteiger charge is 2.13. The van der Waals surface area contributed by atoms with Gasteiger partial charge in [0.1, 0.15) is 4.88 Å². The minimum atomic E-state index is -0.414. The summed E-state index contributed by atoms with van der Waals surface area (Å²) in [5.41, 5.74) is 3.47. The van der Waals surface area contributed by atoms with Gasteiger partial charge in [-0.1, -0.05) is 6.07 Å². The quantitative estimate of drug-likeness (QED) is 0.270. The number of carbonyl (C=O) groups is 1. The molecule has 0 aliphatic heterocycles. The van der Waals surface area contributed by atoms with Crippen molar-refractivity contribution in [3.8, 4) is 11.5 Å². The van der Waals surface area contributed by atoms with Crippen LogP contribution in [0.25, 0.3) is 0 Å². The number of hydrogen-bond acceptors (Lipinski definition) is 6. The molecular weight excluding hydrogens is 346 g/mol. The predicted molar refractivity (Wildman–Crippen MR) is 99.3 cm³/mol. The molecular formula is C16H17N3O3S2. The molecule has 8 heteroatoms. The van der Waals surface area contributed by atoms with E-state index >= 15 is 0 Å². The third-order valence-electron chi connectivity index (χ3n) is 2.83. The Labute approximate surface area is 149 Å². The van der Waals surface area contributed by atoms with Crippen LogP contribution in [0.4, 0.5) is 0 Å². The molecule has 2 aromatic rings. The number of methoxy groups -OCH3 is 1. The zero-order valence-electron chi connectivity index (χ0n) is 13.2. The first-order valence-electron chi connectivity index (χ1n) is 7.14. The Balaban J connectivity index is 2.05. The van der Waals surface area contributed by atoms with Gasteiger partial charge in [0.15, 0.2) is 16.6 Å². The first-order valence-corrected chi connectivity index (χ1v) is 8.43. The normalized spacial score (nSPS) is 10.4. The molecule has 0 saturated carbocycles. The Hall–Kier alpha value is -2.45. The second-order valence-electron chi connectivity index (χ2n) is 4.51. The standard InChI is InChI=1S/C16H17N3O3S2/c1-3-17-16(23)19-18-10-11-6-7-12(13(9-11)21-2)22-15(20)14-5-4-8-24-14/h4-10H,3H2,1-2H3,(H2,17,19,23)/b18-10-. The molecule has 1 aromatic heterocycles. The van der Waals surface area contributed by atoms with Gasteiger partial charge in [-0.2, -0.15) is 5.10 Å². The maximum Gasteiger partial charge on any atom is 0.353 e. The van der Waals surface area contributed by atoms with E-state index in [9.17, 15) is 4.79 Å². The van der Waals surface area contributed by atoms with Crippen molar-refractivity contribution in [2.75, 3.05) is 13.7 Å². The minimum absolute atomic E-state index is 0.351. The fourth-order valence-corrected chi connectivity index (χ4v) is 2.56. The summed E-state index contributed by atoms with van der Waals surface area (Å²) in [4.78, 5) is 12.5. The van der Waals surface area contributed by atoms with Crippen molar-refractivity contribution in [3.05, 3.63) is 46.2 Å². The van der Waals surface area contributed by atoms with E-state index in [1.54, 1.807) is 36.5 Å². The summed E-state index contributed by atoms with van der Waals surface area (Å²) >= 11 is 6.33. The number of thiophene rings is 1. The van der Waals surface area contributed by atoms with Crippen LogP contribution < -0.4 is 20.2 Å². The summed E-state index contributed by atoms with van der Waals surface area (Å²) < 4.78 is 10.6. The van der Waals surface area contributed by atoms with Crippen LogP contribution in [0.5, 0.6) is 11.5 Å². The SMILES string of the molecule is CCNC(=S)N/N=C\c1ccc(OC(=O)c2cccs2)c(OC)c1. The molecule has 2 N–H and O–H groups in total. The van der Waals surface area contributed by atoms with Crippen LogP contribution in [0.1, 0.15) is 22.2 Å². The lowest BCUT2D eigenvalue weighted by Crippen LogP contribution is -2.31. The fraction of sp³-hybridized carbons (Fsp3) is 0.188. The second-order valence-corrected chi connectivity index (χ2v) is 5.86. The number of nitrogens with one attached hydrogen (secondary N) is 2. The smallest absolute Gasteiger partial charge is 0.353 e. The number of rotatable bonds is 6. The lowest BCUT2D eigenvalue weighted by molar-refractivity contribution is 0.0735. The van der Waals surface area contributed by atoms with Crippen LogP contribution in [0.3, 0.4) is 0 Å². The Morgan fingerprint density at radius 3 is 2.88 bits per heavy atom. The second kappa shape index (κ2) is 8.99. The van der Waals surface area contributed by atoms with Crippen molar-refractivity contribution in [1.82, 2.24) is 10.7 Å². The number of hydrazone groups is 1. The van der Waals surface area contributed by atoms with E-state index in [0.717, 1.165) is 12.1 Å². The van der Waals surface area contributed by atoms with Gasteiger partial charge in [-0.25, -0.2) is 4.79 Å². The molecule has 0 aliphatic rings. The lowest BCUT2D eigenvalue weighted by Gasteiger charge is -2.09.